The summed E-state index contributed by atoms with van der Waals surface area (Å²) >= 11 is 5.38. The maximum absolute atomic E-state index is 11.0. The highest BCUT2D eigenvalue weighted by Gasteiger charge is 2.27. The van der Waals surface area contributed by atoms with Gasteiger partial charge in [0.25, 0.3) is 0 Å². The van der Waals surface area contributed by atoms with Gasteiger partial charge in [0.2, 0.25) is 11.9 Å². The van der Waals surface area contributed by atoms with Gasteiger partial charge in [0.05, 0.1) is 0 Å². The van der Waals surface area contributed by atoms with Crippen LogP contribution >= 0.6 is 11.6 Å². The van der Waals surface area contributed by atoms with E-state index in [2.05, 4.69) is 6.58 Å². The lowest BCUT2D eigenvalue weighted by Crippen LogP contribution is -2.46. The molecule has 6 nitrogen and oxygen atoms in total. The van der Waals surface area contributed by atoms with Crippen molar-refractivity contribution in [3.05, 3.63) is 11.6 Å². The van der Waals surface area contributed by atoms with E-state index in [1.807, 2.05) is 5.32 Å². The Morgan fingerprint density at radius 1 is 1.20 bits per heavy atom. The van der Waals surface area contributed by atoms with Gasteiger partial charge in [-0.05, 0) is 6.42 Å². The number of carboxylic acids is 2. The van der Waals surface area contributed by atoms with E-state index in [0.29, 0.717) is 0 Å². The number of hydrogen-bond acceptors (Lipinski definition) is 3. The molecule has 0 radical (unpaired) electrons. The van der Waals surface area contributed by atoms with Crippen molar-refractivity contribution >= 4 is 29.4 Å². The second-order valence-electron chi connectivity index (χ2n) is 2.69. The second-order valence-corrected chi connectivity index (χ2v) is 3.23. The summed E-state index contributed by atoms with van der Waals surface area (Å²) < 4.78 is 0. The maximum atomic E-state index is 11.0. The van der Waals surface area contributed by atoms with E-state index in [0.717, 1.165) is 0 Å². The minimum Gasteiger partial charge on any atom is -0.479 e. The number of halogens is 1. The third-order valence-corrected chi connectivity index (χ3v) is 1.61. The van der Waals surface area contributed by atoms with Gasteiger partial charge in [0.1, 0.15) is 0 Å². The van der Waals surface area contributed by atoms with Gasteiger partial charge >= 0.3 is 11.9 Å². The van der Waals surface area contributed by atoms with E-state index in [-0.39, 0.29) is 17.9 Å². The minimum absolute atomic E-state index is 0.0978. The Labute approximate surface area is 90.5 Å². The molecule has 0 aliphatic heterocycles. The first-order valence-corrected chi connectivity index (χ1v) is 4.30. The third kappa shape index (κ3) is 5.69. The zero-order valence-corrected chi connectivity index (χ0v) is 8.45. The van der Waals surface area contributed by atoms with E-state index in [4.69, 9.17) is 21.8 Å². The Morgan fingerprint density at radius 2 is 1.67 bits per heavy atom. The second kappa shape index (κ2) is 6.02. The monoisotopic (exact) mass is 235 g/mol. The zero-order valence-electron chi connectivity index (χ0n) is 7.70. The normalized spacial score (nSPS) is 9.73. The van der Waals surface area contributed by atoms with Crippen LogP contribution in [0.15, 0.2) is 11.6 Å². The lowest BCUT2D eigenvalue weighted by molar-refractivity contribution is -0.153. The number of hydrogen-bond donors (Lipinski definition) is 3. The van der Waals surface area contributed by atoms with Gasteiger partial charge in [-0.25, -0.2) is 9.59 Å². The molecule has 0 aliphatic rings. The summed E-state index contributed by atoms with van der Waals surface area (Å²) in [5, 5.41) is 18.9. The maximum Gasteiger partial charge on any atom is 0.338 e. The van der Waals surface area contributed by atoms with Crippen molar-refractivity contribution in [2.24, 2.45) is 0 Å². The fraction of sp³-hybridized carbons (Fsp3) is 0.375. The Morgan fingerprint density at radius 3 is 2.00 bits per heavy atom. The highest BCUT2D eigenvalue weighted by atomic mass is 35.5. The van der Waals surface area contributed by atoms with Crippen molar-refractivity contribution in [3.63, 3.8) is 0 Å². The first-order chi connectivity index (χ1) is 6.84. The molecule has 0 rings (SSSR count). The van der Waals surface area contributed by atoms with E-state index >= 15 is 0 Å². The third-order valence-electron chi connectivity index (χ3n) is 1.42. The molecule has 0 saturated carbocycles. The number of carboxylic acid groups (broad SMARTS) is 2. The van der Waals surface area contributed by atoms with Gasteiger partial charge in [-0.1, -0.05) is 18.2 Å². The lowest BCUT2D eigenvalue weighted by Gasteiger charge is -2.09. The Balaban J connectivity index is 4.18. The largest absolute Gasteiger partial charge is 0.479 e. The Hall–Kier alpha value is -1.56. The van der Waals surface area contributed by atoms with Crippen LogP contribution in [0.3, 0.4) is 0 Å². The van der Waals surface area contributed by atoms with Crippen LogP contribution in [0.5, 0.6) is 0 Å². The molecule has 0 bridgehead atoms. The summed E-state index contributed by atoms with van der Waals surface area (Å²) in [6, 6.07) is -1.93. The fourth-order valence-electron chi connectivity index (χ4n) is 0.711. The predicted molar refractivity (Wildman–Crippen MR) is 51.4 cm³/mol. The number of rotatable bonds is 6. The van der Waals surface area contributed by atoms with Gasteiger partial charge in [-0.2, -0.15) is 0 Å². The van der Waals surface area contributed by atoms with Crippen LogP contribution in [0.4, 0.5) is 0 Å². The molecule has 0 saturated heterocycles. The summed E-state index contributed by atoms with van der Waals surface area (Å²) in [5.74, 6) is -3.95. The number of carbonyl (C=O) groups is 3. The standard InChI is InChI=1S/C8H10ClNO5/c1-4(9)2-3-5(11)10-6(7(12)13)8(14)15/h6H,1-3H2,(H,10,11)(H,12,13)(H,14,15). The van der Waals surface area contributed by atoms with Gasteiger partial charge < -0.3 is 15.5 Å². The molecule has 0 aromatic heterocycles. The minimum atomic E-state index is -1.93. The van der Waals surface area contributed by atoms with Crippen molar-refractivity contribution in [1.82, 2.24) is 5.32 Å². The zero-order chi connectivity index (χ0) is 12.0. The highest BCUT2D eigenvalue weighted by molar-refractivity contribution is 6.29. The van der Waals surface area contributed by atoms with Crippen LogP contribution in [0.1, 0.15) is 12.8 Å². The Kier molecular flexibility index (Phi) is 5.40. The average molecular weight is 236 g/mol. The van der Waals surface area contributed by atoms with Crippen LogP contribution in [0.2, 0.25) is 0 Å². The highest BCUT2D eigenvalue weighted by Crippen LogP contribution is 2.06. The molecule has 0 fully saturated rings. The van der Waals surface area contributed by atoms with Crippen molar-refractivity contribution in [2.75, 3.05) is 0 Å². The van der Waals surface area contributed by atoms with E-state index < -0.39 is 23.9 Å². The van der Waals surface area contributed by atoms with Crippen molar-refractivity contribution in [1.29, 1.82) is 0 Å². The van der Waals surface area contributed by atoms with Crippen molar-refractivity contribution in [2.45, 2.75) is 18.9 Å². The van der Waals surface area contributed by atoms with Crippen LogP contribution in [-0.2, 0) is 14.4 Å². The van der Waals surface area contributed by atoms with Gasteiger partial charge in [-0.3, -0.25) is 4.79 Å². The molecular formula is C8H10ClNO5. The Bertz CT molecular complexity index is 287. The number of nitrogens with one attached hydrogen (secondary N) is 1. The first-order valence-electron chi connectivity index (χ1n) is 3.93. The average Bonchev–Trinajstić information content (AvgIpc) is 2.09. The quantitative estimate of drug-likeness (QED) is 0.570. The molecule has 3 N–H and O–H groups in total. The van der Waals surface area contributed by atoms with Crippen LogP contribution in [0.25, 0.3) is 0 Å². The summed E-state index contributed by atoms with van der Waals surface area (Å²) in [5.41, 5.74) is 0. The molecule has 15 heavy (non-hydrogen) atoms. The van der Waals surface area contributed by atoms with Crippen LogP contribution < -0.4 is 5.32 Å². The SMILES string of the molecule is C=C(Cl)CCC(=O)NC(C(=O)O)C(=O)O. The topological polar surface area (TPSA) is 104 Å². The van der Waals surface area contributed by atoms with Gasteiger partial charge in [0, 0.05) is 11.5 Å². The first kappa shape index (κ1) is 13.4. The van der Waals surface area contributed by atoms with Crippen molar-refractivity contribution < 1.29 is 24.6 Å². The van der Waals surface area contributed by atoms with Gasteiger partial charge in [-0.15, -0.1) is 0 Å². The molecule has 0 aliphatic carbocycles. The number of carbonyl (C=O) groups excluding carboxylic acids is 1. The molecule has 0 heterocycles. The smallest absolute Gasteiger partial charge is 0.338 e. The summed E-state index contributed by atoms with van der Waals surface area (Å²) in [6.07, 6.45) is 0.0682. The molecule has 0 unspecified atom stereocenters. The number of aliphatic carboxylic acids is 2. The summed E-state index contributed by atoms with van der Waals surface area (Å²) in [4.78, 5) is 31.8. The van der Waals surface area contributed by atoms with E-state index in [1.54, 1.807) is 0 Å². The summed E-state index contributed by atoms with van der Waals surface area (Å²) in [7, 11) is 0. The molecule has 84 valence electrons. The lowest BCUT2D eigenvalue weighted by atomic mass is 10.2. The fourth-order valence-corrected chi connectivity index (χ4v) is 0.806. The van der Waals surface area contributed by atoms with E-state index in [9.17, 15) is 14.4 Å². The molecule has 0 spiro atoms. The van der Waals surface area contributed by atoms with Crippen LogP contribution in [-0.4, -0.2) is 34.1 Å². The summed E-state index contributed by atoms with van der Waals surface area (Å²) in [6.45, 7) is 3.33. The predicted octanol–water partition coefficient (Wildman–Crippen LogP) is 0.173. The molecule has 0 aromatic carbocycles. The molecule has 0 aromatic rings. The molecule has 0 atom stereocenters. The van der Waals surface area contributed by atoms with E-state index in [1.165, 1.54) is 0 Å². The van der Waals surface area contributed by atoms with Crippen LogP contribution in [0, 0.1) is 0 Å². The molecule has 1 amide bonds. The van der Waals surface area contributed by atoms with Gasteiger partial charge in [0.15, 0.2) is 0 Å². The van der Waals surface area contributed by atoms with Crippen molar-refractivity contribution in [3.8, 4) is 0 Å². The molecular weight excluding hydrogens is 226 g/mol. The number of allylic oxidation sites excluding steroid dienone is 1. The molecule has 7 heteroatoms. The number of amides is 1.